The van der Waals surface area contributed by atoms with Crippen molar-refractivity contribution in [3.8, 4) is 17.2 Å². The Morgan fingerprint density at radius 2 is 1.84 bits per heavy atom. The first-order valence-electron chi connectivity index (χ1n) is 13.5. The largest absolute Gasteiger partial charge is 0.490 e. The molecule has 226 valence electrons. The van der Waals surface area contributed by atoms with Gasteiger partial charge in [0.2, 0.25) is 0 Å². The predicted molar refractivity (Wildman–Crippen MR) is 161 cm³/mol. The summed E-state index contributed by atoms with van der Waals surface area (Å²) in [6.45, 7) is 3.97. The van der Waals surface area contributed by atoms with E-state index in [1.807, 2.05) is 37.3 Å². The standard InChI is InChI=1S/C31H33ClN4O7/c1-4-41-26-15-21(29-28(30(38)40-3)19(2)34-31(39)35-29)10-12-25(26)43-18-27(37)36-33-16-22-14-23(32)11-13-24(22)42-17-20-8-6-5-7-9-20/h5-16,27,29,36-37H,4,17-18H2,1-3H3,(H2,34,35,39)/b33-16+/t27-,29-/m1/s1. The van der Waals surface area contributed by atoms with Gasteiger partial charge >= 0.3 is 12.0 Å². The molecule has 2 amide bonds. The summed E-state index contributed by atoms with van der Waals surface area (Å²) in [6, 6.07) is 18.7. The van der Waals surface area contributed by atoms with Crippen molar-refractivity contribution in [1.29, 1.82) is 0 Å². The van der Waals surface area contributed by atoms with Crippen LogP contribution in [0.1, 0.15) is 36.6 Å². The van der Waals surface area contributed by atoms with Crippen LogP contribution in [0.3, 0.4) is 0 Å². The second-order valence-electron chi connectivity index (χ2n) is 9.37. The molecule has 1 aliphatic heterocycles. The SMILES string of the molecule is CCOc1cc([C@H]2NC(=O)NC(C)=C2C(=O)OC)ccc1OC[C@@H](O)N/N=C/c1cc(Cl)ccc1OCc1ccccc1. The fourth-order valence-electron chi connectivity index (χ4n) is 4.30. The highest BCUT2D eigenvalue weighted by molar-refractivity contribution is 6.30. The van der Waals surface area contributed by atoms with Crippen molar-refractivity contribution in [2.24, 2.45) is 5.10 Å². The van der Waals surface area contributed by atoms with E-state index in [4.69, 9.17) is 30.5 Å². The van der Waals surface area contributed by atoms with Crippen LogP contribution in [0.4, 0.5) is 4.79 Å². The van der Waals surface area contributed by atoms with Crippen LogP contribution < -0.4 is 30.3 Å². The highest BCUT2D eigenvalue weighted by atomic mass is 35.5. The number of halogens is 1. The van der Waals surface area contributed by atoms with Crippen LogP contribution in [0.25, 0.3) is 0 Å². The third kappa shape index (κ3) is 8.40. The molecule has 0 saturated carbocycles. The molecule has 12 heteroatoms. The predicted octanol–water partition coefficient (Wildman–Crippen LogP) is 4.44. The van der Waals surface area contributed by atoms with Crippen LogP contribution in [0.15, 0.2) is 83.1 Å². The molecule has 4 rings (SSSR count). The first-order chi connectivity index (χ1) is 20.8. The van der Waals surface area contributed by atoms with E-state index in [2.05, 4.69) is 21.2 Å². The van der Waals surface area contributed by atoms with Gasteiger partial charge in [-0.2, -0.15) is 5.10 Å². The van der Waals surface area contributed by atoms with Gasteiger partial charge in [-0.3, -0.25) is 5.43 Å². The molecule has 0 aliphatic carbocycles. The van der Waals surface area contributed by atoms with Gasteiger partial charge in [-0.05, 0) is 55.3 Å². The number of allylic oxidation sites excluding steroid dienone is 1. The summed E-state index contributed by atoms with van der Waals surface area (Å²) in [5, 5.41) is 20.4. The maximum absolute atomic E-state index is 12.4. The molecule has 0 saturated heterocycles. The molecule has 3 aromatic rings. The van der Waals surface area contributed by atoms with Crippen molar-refractivity contribution >= 4 is 29.8 Å². The topological polar surface area (TPSA) is 140 Å². The Balaban J connectivity index is 1.40. The van der Waals surface area contributed by atoms with Crippen LogP contribution in [-0.4, -0.2) is 49.9 Å². The maximum atomic E-state index is 12.4. The summed E-state index contributed by atoms with van der Waals surface area (Å²) in [5.74, 6) is 0.721. The monoisotopic (exact) mass is 608 g/mol. The van der Waals surface area contributed by atoms with E-state index in [-0.39, 0.29) is 12.2 Å². The number of aliphatic hydroxyl groups excluding tert-OH is 1. The first-order valence-corrected chi connectivity index (χ1v) is 13.9. The number of methoxy groups -OCH3 is 1. The Morgan fingerprint density at radius 3 is 2.58 bits per heavy atom. The minimum atomic E-state index is -1.17. The number of nitrogens with zero attached hydrogens (tertiary/aromatic N) is 1. The zero-order chi connectivity index (χ0) is 30.8. The van der Waals surface area contributed by atoms with E-state index in [0.29, 0.717) is 52.3 Å². The molecule has 0 aromatic heterocycles. The van der Waals surface area contributed by atoms with Crippen molar-refractivity contribution in [3.63, 3.8) is 0 Å². The normalized spacial score (nSPS) is 15.4. The highest BCUT2D eigenvalue weighted by Gasteiger charge is 2.32. The summed E-state index contributed by atoms with van der Waals surface area (Å²) in [5.41, 5.74) is 5.50. The number of hydrogen-bond acceptors (Lipinski definition) is 9. The molecule has 4 N–H and O–H groups in total. The third-order valence-corrected chi connectivity index (χ3v) is 6.54. The van der Waals surface area contributed by atoms with Gasteiger partial charge in [0.15, 0.2) is 17.7 Å². The minimum absolute atomic E-state index is 0.166. The molecular formula is C31H33ClN4O7. The van der Waals surface area contributed by atoms with Gasteiger partial charge < -0.3 is 34.7 Å². The summed E-state index contributed by atoms with van der Waals surface area (Å²) >= 11 is 6.17. The van der Waals surface area contributed by atoms with Crippen LogP contribution in [0.5, 0.6) is 17.2 Å². The number of carbonyl (C=O) groups is 2. The second-order valence-corrected chi connectivity index (χ2v) is 9.81. The third-order valence-electron chi connectivity index (χ3n) is 6.31. The Kier molecular flexibility index (Phi) is 10.8. The number of esters is 1. The van der Waals surface area contributed by atoms with Gasteiger partial charge in [0.1, 0.15) is 19.0 Å². The Hall–Kier alpha value is -4.74. The molecule has 3 aromatic carbocycles. The molecule has 11 nitrogen and oxygen atoms in total. The molecular weight excluding hydrogens is 576 g/mol. The van der Waals surface area contributed by atoms with E-state index in [1.54, 1.807) is 43.3 Å². The molecule has 2 atom stereocenters. The van der Waals surface area contributed by atoms with Crippen molar-refractivity contribution in [3.05, 3.63) is 99.7 Å². The Labute approximate surface area is 254 Å². The number of benzene rings is 3. The molecule has 0 spiro atoms. The van der Waals surface area contributed by atoms with Gasteiger partial charge in [-0.25, -0.2) is 9.59 Å². The van der Waals surface area contributed by atoms with Gasteiger partial charge in [0, 0.05) is 16.3 Å². The van der Waals surface area contributed by atoms with Crippen molar-refractivity contribution in [1.82, 2.24) is 16.1 Å². The maximum Gasteiger partial charge on any atom is 0.337 e. The van der Waals surface area contributed by atoms with E-state index in [0.717, 1.165) is 5.56 Å². The fraction of sp³-hybridized carbons (Fsp3) is 0.258. The van der Waals surface area contributed by atoms with Crippen molar-refractivity contribution in [2.45, 2.75) is 32.7 Å². The number of ether oxygens (including phenoxy) is 4. The van der Waals surface area contributed by atoms with E-state index in [9.17, 15) is 14.7 Å². The summed E-state index contributed by atoms with van der Waals surface area (Å²) in [7, 11) is 1.27. The molecule has 0 bridgehead atoms. The van der Waals surface area contributed by atoms with Crippen molar-refractivity contribution in [2.75, 3.05) is 20.3 Å². The van der Waals surface area contributed by atoms with Crippen LogP contribution in [0, 0.1) is 0 Å². The molecule has 1 heterocycles. The van der Waals surface area contributed by atoms with E-state index in [1.165, 1.54) is 13.3 Å². The lowest BCUT2D eigenvalue weighted by Gasteiger charge is -2.28. The lowest BCUT2D eigenvalue weighted by Crippen LogP contribution is -2.45. The second kappa shape index (κ2) is 14.9. The van der Waals surface area contributed by atoms with E-state index >= 15 is 0 Å². The Morgan fingerprint density at radius 1 is 1.07 bits per heavy atom. The summed E-state index contributed by atoms with van der Waals surface area (Å²) in [6.07, 6.45) is 0.330. The number of hydrazone groups is 1. The number of urea groups is 1. The van der Waals surface area contributed by atoms with Gasteiger partial charge in [-0.15, -0.1) is 0 Å². The molecule has 0 fully saturated rings. The lowest BCUT2D eigenvalue weighted by atomic mass is 9.95. The molecule has 43 heavy (non-hydrogen) atoms. The summed E-state index contributed by atoms with van der Waals surface area (Å²) in [4.78, 5) is 24.6. The lowest BCUT2D eigenvalue weighted by molar-refractivity contribution is -0.136. The fourth-order valence-corrected chi connectivity index (χ4v) is 4.48. The number of rotatable bonds is 13. The van der Waals surface area contributed by atoms with Gasteiger partial charge in [0.25, 0.3) is 0 Å². The van der Waals surface area contributed by atoms with Gasteiger partial charge in [-0.1, -0.05) is 48.0 Å². The molecule has 0 radical (unpaired) electrons. The van der Waals surface area contributed by atoms with Crippen LogP contribution in [0.2, 0.25) is 5.02 Å². The quantitative estimate of drug-likeness (QED) is 0.0967. The van der Waals surface area contributed by atoms with Gasteiger partial charge in [0.05, 0.1) is 31.5 Å². The number of hydrogen-bond donors (Lipinski definition) is 4. The Bertz CT molecular complexity index is 1500. The zero-order valence-electron chi connectivity index (χ0n) is 23.9. The molecule has 0 unspecified atom stereocenters. The van der Waals surface area contributed by atoms with Crippen LogP contribution >= 0.6 is 11.6 Å². The van der Waals surface area contributed by atoms with Crippen molar-refractivity contribution < 1.29 is 33.6 Å². The smallest absolute Gasteiger partial charge is 0.337 e. The number of nitrogens with one attached hydrogen (secondary N) is 3. The number of aliphatic hydroxyl groups is 1. The first kappa shape index (κ1) is 31.2. The summed E-state index contributed by atoms with van der Waals surface area (Å²) < 4.78 is 22.4. The average Bonchev–Trinajstić information content (AvgIpc) is 3.00. The number of carbonyl (C=O) groups excluding carboxylic acids is 2. The molecule has 1 aliphatic rings. The van der Waals surface area contributed by atoms with E-state index < -0.39 is 24.3 Å². The zero-order valence-corrected chi connectivity index (χ0v) is 24.7. The minimum Gasteiger partial charge on any atom is -0.490 e. The van der Waals surface area contributed by atoms with Crippen LogP contribution in [-0.2, 0) is 16.1 Å². The average molecular weight is 609 g/mol. The number of amides is 2. The highest BCUT2D eigenvalue weighted by Crippen LogP contribution is 2.35.